The molecule has 0 radical (unpaired) electrons. The van der Waals surface area contributed by atoms with Gasteiger partial charge in [-0.05, 0) is 19.4 Å². The predicted molar refractivity (Wildman–Crippen MR) is 50.1 cm³/mol. The highest BCUT2D eigenvalue weighted by atomic mass is 31.2. The molecular formula is C7H18NO4P. The summed E-state index contributed by atoms with van der Waals surface area (Å²) in [6.07, 6.45) is 2.00. The third kappa shape index (κ3) is 8.40. The zero-order valence-electron chi connectivity index (χ0n) is 8.06. The fraction of sp³-hybridized carbons (Fsp3) is 1.00. The van der Waals surface area contributed by atoms with E-state index in [0.29, 0.717) is 6.42 Å². The van der Waals surface area contributed by atoms with E-state index >= 15 is 0 Å². The lowest BCUT2D eigenvalue weighted by molar-refractivity contribution is 0.105. The van der Waals surface area contributed by atoms with E-state index in [-0.39, 0.29) is 0 Å². The van der Waals surface area contributed by atoms with Crippen molar-refractivity contribution in [1.29, 1.82) is 0 Å². The van der Waals surface area contributed by atoms with E-state index in [1.165, 1.54) is 0 Å². The lowest BCUT2D eigenvalue weighted by Crippen LogP contribution is -2.31. The Kier molecular flexibility index (Phi) is 6.55. The second-order valence-electron chi connectivity index (χ2n) is 2.80. The number of hydrogen-bond acceptors (Lipinski definition) is 3. The van der Waals surface area contributed by atoms with Gasteiger partial charge in [0.15, 0.2) is 0 Å². The molecule has 0 aromatic heterocycles. The van der Waals surface area contributed by atoms with E-state index < -0.39 is 14.1 Å². The molecule has 1 atom stereocenters. The van der Waals surface area contributed by atoms with Gasteiger partial charge in [-0.15, -0.1) is 0 Å². The van der Waals surface area contributed by atoms with Crippen molar-refractivity contribution in [3.8, 4) is 0 Å². The molecule has 13 heavy (non-hydrogen) atoms. The minimum atomic E-state index is -4.35. The Bertz CT molecular complexity index is 170. The van der Waals surface area contributed by atoms with Crippen LogP contribution in [0.1, 0.15) is 33.1 Å². The Morgan fingerprint density at radius 3 is 2.46 bits per heavy atom. The van der Waals surface area contributed by atoms with Crippen molar-refractivity contribution >= 4 is 7.82 Å². The third-order valence-corrected chi connectivity index (χ3v) is 2.07. The standard InChI is InChI=1S/C7H18NO4P/c1-3-5-6-8-7(4-2)12-13(9,10)11/h7-8H,3-6H2,1-2H3,(H2,9,10,11). The van der Waals surface area contributed by atoms with Gasteiger partial charge in [0.2, 0.25) is 0 Å². The minimum Gasteiger partial charge on any atom is -0.303 e. The van der Waals surface area contributed by atoms with Gasteiger partial charge in [0.05, 0.1) is 0 Å². The van der Waals surface area contributed by atoms with Crippen molar-refractivity contribution in [2.24, 2.45) is 0 Å². The molecule has 0 heterocycles. The largest absolute Gasteiger partial charge is 0.471 e. The van der Waals surface area contributed by atoms with E-state index in [1.54, 1.807) is 6.92 Å². The summed E-state index contributed by atoms with van der Waals surface area (Å²) in [7, 11) is -4.35. The van der Waals surface area contributed by atoms with Crippen molar-refractivity contribution in [3.05, 3.63) is 0 Å². The Morgan fingerprint density at radius 1 is 1.46 bits per heavy atom. The highest BCUT2D eigenvalue weighted by molar-refractivity contribution is 7.46. The van der Waals surface area contributed by atoms with Gasteiger partial charge in [0, 0.05) is 0 Å². The maximum absolute atomic E-state index is 10.5. The van der Waals surface area contributed by atoms with Crippen molar-refractivity contribution in [1.82, 2.24) is 5.32 Å². The van der Waals surface area contributed by atoms with Gasteiger partial charge in [0.25, 0.3) is 0 Å². The molecule has 0 aromatic rings. The van der Waals surface area contributed by atoms with Crippen LogP contribution in [0.2, 0.25) is 0 Å². The molecule has 1 unspecified atom stereocenters. The lowest BCUT2D eigenvalue weighted by atomic mass is 10.3. The van der Waals surface area contributed by atoms with Gasteiger partial charge in [-0.1, -0.05) is 20.3 Å². The molecule has 0 aliphatic rings. The molecule has 0 fully saturated rings. The van der Waals surface area contributed by atoms with E-state index in [1.807, 2.05) is 6.92 Å². The van der Waals surface area contributed by atoms with Crippen LogP contribution in [0.5, 0.6) is 0 Å². The van der Waals surface area contributed by atoms with Crippen LogP contribution in [-0.4, -0.2) is 22.6 Å². The van der Waals surface area contributed by atoms with E-state index in [2.05, 4.69) is 9.84 Å². The zero-order valence-corrected chi connectivity index (χ0v) is 8.96. The Labute approximate surface area is 78.7 Å². The quantitative estimate of drug-likeness (QED) is 0.335. The summed E-state index contributed by atoms with van der Waals surface area (Å²) in [6, 6.07) is 0. The molecule has 0 saturated heterocycles. The molecule has 0 bridgehead atoms. The fourth-order valence-electron chi connectivity index (χ4n) is 0.862. The van der Waals surface area contributed by atoms with Crippen molar-refractivity contribution in [2.45, 2.75) is 39.3 Å². The molecule has 5 nitrogen and oxygen atoms in total. The molecule has 0 spiro atoms. The Morgan fingerprint density at radius 2 is 2.08 bits per heavy atom. The summed E-state index contributed by atoms with van der Waals surface area (Å²) in [5, 5.41) is 2.91. The van der Waals surface area contributed by atoms with Crippen LogP contribution in [0, 0.1) is 0 Å². The normalized spacial score (nSPS) is 14.5. The number of hydrogen-bond donors (Lipinski definition) is 3. The second-order valence-corrected chi connectivity index (χ2v) is 3.99. The summed E-state index contributed by atoms with van der Waals surface area (Å²) in [5.41, 5.74) is 0. The number of phosphoric acid groups is 1. The summed E-state index contributed by atoms with van der Waals surface area (Å²) in [6.45, 7) is 4.57. The molecule has 0 amide bonds. The SMILES string of the molecule is CCCCNC(CC)OP(=O)(O)O. The number of unbranched alkanes of at least 4 members (excludes halogenated alkanes) is 1. The summed E-state index contributed by atoms with van der Waals surface area (Å²) >= 11 is 0. The lowest BCUT2D eigenvalue weighted by Gasteiger charge is -2.17. The van der Waals surface area contributed by atoms with E-state index in [0.717, 1.165) is 19.4 Å². The molecule has 0 saturated carbocycles. The van der Waals surface area contributed by atoms with E-state index in [4.69, 9.17) is 9.79 Å². The van der Waals surface area contributed by atoms with Gasteiger partial charge >= 0.3 is 7.82 Å². The van der Waals surface area contributed by atoms with Gasteiger partial charge in [-0.25, -0.2) is 4.57 Å². The molecule has 6 heteroatoms. The molecule has 0 aromatic carbocycles. The van der Waals surface area contributed by atoms with Crippen LogP contribution in [0.15, 0.2) is 0 Å². The van der Waals surface area contributed by atoms with Crippen LogP contribution in [-0.2, 0) is 9.09 Å². The Hall–Kier alpha value is 0.0700. The first-order valence-corrected chi connectivity index (χ1v) is 6.00. The van der Waals surface area contributed by atoms with Gasteiger partial charge in [0.1, 0.15) is 6.23 Å². The first-order chi connectivity index (χ1) is 5.99. The van der Waals surface area contributed by atoms with Crippen LogP contribution in [0.25, 0.3) is 0 Å². The number of nitrogens with one attached hydrogen (secondary N) is 1. The summed E-state index contributed by atoms with van der Waals surface area (Å²) in [4.78, 5) is 17.0. The zero-order chi connectivity index (χ0) is 10.3. The van der Waals surface area contributed by atoms with Crippen molar-refractivity contribution in [3.63, 3.8) is 0 Å². The molecule has 0 rings (SSSR count). The van der Waals surface area contributed by atoms with Crippen molar-refractivity contribution < 1.29 is 18.9 Å². The number of rotatable bonds is 7. The minimum absolute atomic E-state index is 0.537. The summed E-state index contributed by atoms with van der Waals surface area (Å²) in [5.74, 6) is 0. The highest BCUT2D eigenvalue weighted by Crippen LogP contribution is 2.37. The average Bonchev–Trinajstić information content (AvgIpc) is 2.01. The highest BCUT2D eigenvalue weighted by Gasteiger charge is 2.19. The van der Waals surface area contributed by atoms with Gasteiger partial charge in [-0.3, -0.25) is 9.84 Å². The summed E-state index contributed by atoms with van der Waals surface area (Å²) < 4.78 is 15.0. The van der Waals surface area contributed by atoms with Crippen LogP contribution in [0.4, 0.5) is 0 Å². The first-order valence-electron chi connectivity index (χ1n) is 4.47. The maximum Gasteiger partial charge on any atom is 0.471 e. The van der Waals surface area contributed by atoms with Crippen LogP contribution >= 0.6 is 7.82 Å². The van der Waals surface area contributed by atoms with Gasteiger partial charge < -0.3 is 9.79 Å². The molecule has 3 N–H and O–H groups in total. The van der Waals surface area contributed by atoms with Crippen molar-refractivity contribution in [2.75, 3.05) is 6.54 Å². The molecule has 0 aliphatic carbocycles. The molecule has 0 aliphatic heterocycles. The smallest absolute Gasteiger partial charge is 0.303 e. The molecular weight excluding hydrogens is 193 g/mol. The third-order valence-electron chi connectivity index (χ3n) is 1.54. The van der Waals surface area contributed by atoms with Crippen LogP contribution in [0.3, 0.4) is 0 Å². The van der Waals surface area contributed by atoms with E-state index in [9.17, 15) is 4.57 Å². The number of phosphoric ester groups is 1. The average molecular weight is 211 g/mol. The van der Waals surface area contributed by atoms with Crippen LogP contribution < -0.4 is 5.32 Å². The Balaban J connectivity index is 3.70. The topological polar surface area (TPSA) is 78.8 Å². The predicted octanol–water partition coefficient (Wildman–Crippen LogP) is 1.22. The molecule has 80 valence electrons. The fourth-order valence-corrected chi connectivity index (χ4v) is 1.42. The maximum atomic E-state index is 10.5. The van der Waals surface area contributed by atoms with Gasteiger partial charge in [-0.2, -0.15) is 0 Å². The second kappa shape index (κ2) is 6.51. The first kappa shape index (κ1) is 13.1. The monoisotopic (exact) mass is 211 g/mol.